The number of fused-ring (bicyclic) bond motifs is 4. The summed E-state index contributed by atoms with van der Waals surface area (Å²) < 4.78 is 1.36. The van der Waals surface area contributed by atoms with Gasteiger partial charge in [0.2, 0.25) is 0 Å². The molecule has 8 aromatic rings. The maximum atomic E-state index is 5.96. The van der Waals surface area contributed by atoms with Crippen LogP contribution in [0.25, 0.3) is 44.2 Å². The van der Waals surface area contributed by atoms with Crippen LogP contribution in [-0.2, 0) is 41.5 Å². The summed E-state index contributed by atoms with van der Waals surface area (Å²) in [7, 11) is 0. The molecule has 8 aromatic carbocycles. The normalized spacial score (nSPS) is 11.4. The molecule has 0 bridgehead atoms. The van der Waals surface area contributed by atoms with Gasteiger partial charge in [0.05, 0.1) is 0 Å². The van der Waals surface area contributed by atoms with Gasteiger partial charge in [0.25, 0.3) is 0 Å². The van der Waals surface area contributed by atoms with Crippen molar-refractivity contribution in [3.8, 4) is 33.4 Å². The van der Waals surface area contributed by atoms with E-state index >= 15 is 0 Å². The maximum Gasteiger partial charge on any atom is -0.172 e. The molecule has 0 aliphatic heterocycles. The van der Waals surface area contributed by atoms with Crippen LogP contribution in [0.4, 0.5) is 0 Å². The third-order valence-corrected chi connectivity index (χ3v) is 12.2. The van der Waals surface area contributed by atoms with Gasteiger partial charge in [0, 0.05) is 0 Å². The predicted octanol–water partition coefficient (Wildman–Crippen LogP) is 9.01. The average molecular weight is 908 g/mol. The van der Waals surface area contributed by atoms with Crippen LogP contribution in [0.5, 0.6) is 0 Å². The Bertz CT molecular complexity index is 2480. The fraction of sp³-hybridized carbons (Fsp3) is 0.164. The summed E-state index contributed by atoms with van der Waals surface area (Å²) >= 11 is 7.37. The molecule has 0 fully saturated rings. The molecular formula is C55H49Cl3Zr-2. The Labute approximate surface area is 384 Å². The summed E-state index contributed by atoms with van der Waals surface area (Å²) in [6, 6.07) is 65.9. The van der Waals surface area contributed by atoms with Crippen molar-refractivity contribution in [1.29, 1.82) is 0 Å². The van der Waals surface area contributed by atoms with Crippen molar-refractivity contribution in [3.63, 3.8) is 0 Å². The van der Waals surface area contributed by atoms with Gasteiger partial charge in [0.15, 0.2) is 0 Å². The van der Waals surface area contributed by atoms with Gasteiger partial charge in [-0.3, -0.25) is 0 Å². The topological polar surface area (TPSA) is 0 Å². The first-order valence-corrected chi connectivity index (χ1v) is 21.4. The zero-order chi connectivity index (χ0) is 40.2. The van der Waals surface area contributed by atoms with Gasteiger partial charge in [-0.15, -0.1) is 28.8 Å². The Kier molecular flexibility index (Phi) is 15.5. The van der Waals surface area contributed by atoms with Crippen molar-refractivity contribution in [2.45, 2.75) is 58.8 Å². The van der Waals surface area contributed by atoms with E-state index in [-0.39, 0.29) is 35.6 Å². The molecule has 4 heteroatoms. The summed E-state index contributed by atoms with van der Waals surface area (Å²) in [5, 5.41) is 3.38. The summed E-state index contributed by atoms with van der Waals surface area (Å²) in [6.45, 7) is 13.9. The largest absolute Gasteiger partial charge is 1.00 e. The molecule has 9 rings (SSSR count). The maximum absolute atomic E-state index is 5.96. The minimum Gasteiger partial charge on any atom is -1.00 e. The van der Waals surface area contributed by atoms with Crippen LogP contribution in [0.3, 0.4) is 0 Å². The van der Waals surface area contributed by atoms with Crippen molar-refractivity contribution in [1.82, 2.24) is 0 Å². The molecule has 0 amide bonds. The Morgan fingerprint density at radius 3 is 1.73 bits per heavy atom. The van der Waals surface area contributed by atoms with Gasteiger partial charge >= 0.3 is 133 Å². The number of hydrogen-bond acceptors (Lipinski definition) is 0. The molecule has 59 heavy (non-hydrogen) atoms. The molecular weight excluding hydrogens is 858 g/mol. The Morgan fingerprint density at radius 1 is 0.576 bits per heavy atom. The standard InChI is InChI=1S/C33H33.C17H11Cl.C5H5.2ClH.Zr/c1-32(2,3)30-20-26-24(18-28(30)22-13-9-7-10-14-22)17-25-19-29(23-15-11-8-12-16-23)31(21-27(25)26)33(4,5)6;18-16-10-8-13(9-11-16)12-15-6-3-5-14-4-1-2-7-17(14)15;1-2-4-5-3-1;;;/h7-16,18,20-21H,17H2,1-6H3;1-11H;1-5H;2*1H;/q-1;;-1;;;+2/p-2. The second-order valence-corrected chi connectivity index (χ2v) is 18.5. The van der Waals surface area contributed by atoms with E-state index in [1.165, 1.54) is 105 Å². The third-order valence-electron chi connectivity index (χ3n) is 10.6. The molecule has 0 N–H and O–H groups in total. The van der Waals surface area contributed by atoms with Gasteiger partial charge in [0.1, 0.15) is 0 Å². The quantitative estimate of drug-likeness (QED) is 0.155. The van der Waals surface area contributed by atoms with Crippen LogP contribution < -0.4 is 24.8 Å². The molecule has 0 saturated carbocycles. The van der Waals surface area contributed by atoms with E-state index in [2.05, 4.69) is 181 Å². The van der Waals surface area contributed by atoms with Crippen molar-refractivity contribution in [2.24, 2.45) is 0 Å². The summed E-state index contributed by atoms with van der Waals surface area (Å²) in [4.78, 5) is 0. The van der Waals surface area contributed by atoms with Gasteiger partial charge < -0.3 is 24.8 Å². The second kappa shape index (κ2) is 19.9. The van der Waals surface area contributed by atoms with Crippen LogP contribution in [0, 0.1) is 6.07 Å². The average Bonchev–Trinajstić information content (AvgIpc) is 3.92. The van der Waals surface area contributed by atoms with Crippen LogP contribution in [0.1, 0.15) is 74.9 Å². The van der Waals surface area contributed by atoms with E-state index in [9.17, 15) is 0 Å². The van der Waals surface area contributed by atoms with Crippen LogP contribution in [0.15, 0.2) is 176 Å². The first-order valence-electron chi connectivity index (χ1n) is 19.8. The van der Waals surface area contributed by atoms with Crippen molar-refractivity contribution < 1.29 is 49.0 Å². The molecule has 1 aliphatic rings. The first kappa shape index (κ1) is 45.9. The molecule has 0 heterocycles. The minimum atomic E-state index is 0. The molecule has 0 atom stereocenters. The first-order chi connectivity index (χ1) is 27.4. The van der Waals surface area contributed by atoms with E-state index in [1.807, 2.05) is 42.5 Å². The van der Waals surface area contributed by atoms with Crippen molar-refractivity contribution >= 4 is 25.6 Å². The number of benzene rings is 7. The summed E-state index contributed by atoms with van der Waals surface area (Å²) in [6.07, 6.45) is 0.944. The Hall–Kier alpha value is -4.23. The van der Waals surface area contributed by atoms with E-state index in [1.54, 1.807) is 0 Å². The van der Waals surface area contributed by atoms with Crippen LogP contribution in [0.2, 0.25) is 5.02 Å². The van der Waals surface area contributed by atoms with Gasteiger partial charge in [-0.25, -0.2) is 12.1 Å². The zero-order valence-corrected chi connectivity index (χ0v) is 39.3. The minimum absolute atomic E-state index is 0. The van der Waals surface area contributed by atoms with Gasteiger partial charge in [-0.05, 0) is 39.5 Å². The second-order valence-electron chi connectivity index (χ2n) is 16.8. The van der Waals surface area contributed by atoms with Crippen molar-refractivity contribution in [2.75, 3.05) is 0 Å². The van der Waals surface area contributed by atoms with Crippen LogP contribution in [-0.4, -0.2) is 3.21 Å². The van der Waals surface area contributed by atoms with E-state index in [0.29, 0.717) is 0 Å². The fourth-order valence-electron chi connectivity index (χ4n) is 7.64. The number of rotatable bonds is 4. The Balaban J connectivity index is 0.000000214. The number of halogens is 3. The molecule has 0 radical (unpaired) electrons. The molecule has 0 aromatic heterocycles. The molecule has 296 valence electrons. The van der Waals surface area contributed by atoms with Gasteiger partial charge in [-0.2, -0.15) is 18.2 Å². The molecule has 0 unspecified atom stereocenters. The van der Waals surface area contributed by atoms with E-state index in [4.69, 9.17) is 11.6 Å². The molecule has 0 saturated heterocycles. The van der Waals surface area contributed by atoms with Crippen molar-refractivity contribution in [3.05, 3.63) is 220 Å². The number of hydrogen-bond donors (Lipinski definition) is 0. The van der Waals surface area contributed by atoms with Gasteiger partial charge in [-0.1, -0.05) is 131 Å². The summed E-state index contributed by atoms with van der Waals surface area (Å²) in [5.41, 5.74) is 16.1. The monoisotopic (exact) mass is 904 g/mol. The summed E-state index contributed by atoms with van der Waals surface area (Å²) in [5.74, 6) is 0. The zero-order valence-electron chi connectivity index (χ0n) is 34.6. The molecule has 1 aliphatic carbocycles. The van der Waals surface area contributed by atoms with E-state index in [0.717, 1.165) is 11.4 Å². The predicted molar refractivity (Wildman–Crippen MR) is 242 cm³/mol. The molecule has 0 spiro atoms. The van der Waals surface area contributed by atoms with Crippen LogP contribution >= 0.6 is 11.6 Å². The smallest absolute Gasteiger partial charge is 0.172 e. The molecule has 0 nitrogen and oxygen atoms in total. The SMILES string of the molecule is CC(C)(C)c1cc2c([c-]c1-c1ccccc1)Cc1cc(-c3ccccc3)c(C(C)(C)C)cc1-2.Clc1ccc([C](=[Zr+2])c2cccc3ccccc23)cc1.[Cl-].[Cl-].c1cc[cH-]c1. The fourth-order valence-corrected chi connectivity index (χ4v) is 8.71. The Morgan fingerprint density at radius 2 is 1.14 bits per heavy atom. The van der Waals surface area contributed by atoms with E-state index < -0.39 is 0 Å². The third kappa shape index (κ3) is 10.8.